The van der Waals surface area contributed by atoms with Crippen LogP contribution < -0.4 is 0 Å². The maximum atomic E-state index is 2.49. The Hall–Kier alpha value is -5.66. The van der Waals surface area contributed by atoms with Crippen LogP contribution in [-0.4, -0.2) is 4.40 Å². The van der Waals surface area contributed by atoms with Gasteiger partial charge in [-0.05, 0) is 78.8 Å². The number of nitrogens with zero attached hydrogens (tertiary/aromatic N) is 1. The maximum absolute atomic E-state index is 2.49. The number of para-hydroxylation sites is 1. The third kappa shape index (κ3) is 3.01. The van der Waals surface area contributed by atoms with Gasteiger partial charge >= 0.3 is 0 Å². The molecule has 2 heterocycles. The van der Waals surface area contributed by atoms with E-state index in [0.29, 0.717) is 0 Å². The summed E-state index contributed by atoms with van der Waals surface area (Å²) >= 11 is 0. The molecule has 0 atom stereocenters. The summed E-state index contributed by atoms with van der Waals surface area (Å²) in [6.07, 6.45) is 0. The van der Waals surface area contributed by atoms with Crippen LogP contribution in [0.2, 0.25) is 0 Å². The van der Waals surface area contributed by atoms with Gasteiger partial charge in [0.05, 0.1) is 16.6 Å². The van der Waals surface area contributed by atoms with Crippen molar-refractivity contribution in [1.82, 2.24) is 4.40 Å². The highest BCUT2D eigenvalue weighted by Gasteiger charge is 2.21. The molecule has 0 spiro atoms. The Morgan fingerprint density at radius 1 is 0.326 bits per heavy atom. The first kappa shape index (κ1) is 23.0. The van der Waals surface area contributed by atoms with Crippen molar-refractivity contribution in [2.45, 2.75) is 0 Å². The SMILES string of the molecule is c1ccc(-c2c3ccccc3c(-c3ccc4c(c3)c3cc5ccccc5c5c6ccccc6n4c35)c3ccccc23)cc1. The maximum Gasteiger partial charge on any atom is 0.0626 e. The molecule has 1 nitrogen and oxygen atoms in total. The van der Waals surface area contributed by atoms with Crippen LogP contribution in [0.3, 0.4) is 0 Å². The molecule has 198 valence electrons. The summed E-state index contributed by atoms with van der Waals surface area (Å²) in [5, 5.41) is 13.0. The van der Waals surface area contributed by atoms with Gasteiger partial charge in [-0.1, -0.05) is 127 Å². The molecule has 43 heavy (non-hydrogen) atoms. The fraction of sp³-hybridized carbons (Fsp3) is 0. The Labute approximate surface area is 248 Å². The summed E-state index contributed by atoms with van der Waals surface area (Å²) in [7, 11) is 0. The molecule has 0 bridgehead atoms. The van der Waals surface area contributed by atoms with Crippen molar-refractivity contribution in [2.75, 3.05) is 0 Å². The zero-order valence-electron chi connectivity index (χ0n) is 23.4. The standard InChI is InChI=1S/C42H25N/c1-2-12-26(13-3-1)39-30-16-6-8-18-32(30)40(33-19-9-7-17-31(33)39)28-22-23-38-35(25-28)36-24-27-14-4-5-15-29(27)41-34-20-10-11-21-37(34)43(38)42(36)41/h1-25H. The third-order valence-corrected chi connectivity index (χ3v) is 9.47. The summed E-state index contributed by atoms with van der Waals surface area (Å²) in [6.45, 7) is 0. The Kier molecular flexibility index (Phi) is 4.51. The van der Waals surface area contributed by atoms with Crippen LogP contribution in [0.25, 0.3) is 92.7 Å². The van der Waals surface area contributed by atoms with Crippen LogP contribution in [0.5, 0.6) is 0 Å². The van der Waals surface area contributed by atoms with Gasteiger partial charge in [-0.25, -0.2) is 0 Å². The second-order valence-electron chi connectivity index (χ2n) is 11.7. The highest BCUT2D eigenvalue weighted by molar-refractivity contribution is 6.32. The normalized spacial score (nSPS) is 12.2. The zero-order chi connectivity index (χ0) is 28.1. The first-order valence-electron chi connectivity index (χ1n) is 15.0. The summed E-state index contributed by atoms with van der Waals surface area (Å²) in [4.78, 5) is 0. The van der Waals surface area contributed by atoms with E-state index in [-0.39, 0.29) is 0 Å². The van der Waals surface area contributed by atoms with Gasteiger partial charge in [0.25, 0.3) is 0 Å². The molecule has 0 aliphatic rings. The van der Waals surface area contributed by atoms with Crippen molar-refractivity contribution in [1.29, 1.82) is 0 Å². The van der Waals surface area contributed by atoms with Crippen LogP contribution in [-0.2, 0) is 0 Å². The molecule has 0 aliphatic heterocycles. The van der Waals surface area contributed by atoms with Gasteiger partial charge in [0, 0.05) is 21.5 Å². The zero-order valence-corrected chi connectivity index (χ0v) is 23.4. The molecule has 0 N–H and O–H groups in total. The molecule has 10 rings (SSSR count). The third-order valence-electron chi connectivity index (χ3n) is 9.47. The Balaban J connectivity index is 1.37. The summed E-state index contributed by atoms with van der Waals surface area (Å²) < 4.78 is 2.49. The molecule has 0 aliphatic carbocycles. The van der Waals surface area contributed by atoms with Crippen LogP contribution in [0, 0.1) is 0 Å². The molecule has 0 unspecified atom stereocenters. The monoisotopic (exact) mass is 543 g/mol. The summed E-state index contributed by atoms with van der Waals surface area (Å²) in [5.74, 6) is 0. The van der Waals surface area contributed by atoms with Gasteiger partial charge in [0.15, 0.2) is 0 Å². The van der Waals surface area contributed by atoms with Gasteiger partial charge in [-0.15, -0.1) is 0 Å². The predicted octanol–water partition coefficient (Wildman–Crippen LogP) is 11.6. The minimum Gasteiger partial charge on any atom is -0.308 e. The van der Waals surface area contributed by atoms with Gasteiger partial charge in [0.2, 0.25) is 0 Å². The van der Waals surface area contributed by atoms with E-state index in [1.54, 1.807) is 0 Å². The number of rotatable bonds is 2. The van der Waals surface area contributed by atoms with Crippen molar-refractivity contribution in [3.8, 4) is 22.3 Å². The molecular weight excluding hydrogens is 518 g/mol. The van der Waals surface area contributed by atoms with Gasteiger partial charge in [-0.3, -0.25) is 0 Å². The molecule has 1 heteroatoms. The molecular formula is C42H25N. The molecule has 0 saturated carbocycles. The topological polar surface area (TPSA) is 4.41 Å². The second kappa shape index (κ2) is 8.44. The lowest BCUT2D eigenvalue weighted by Gasteiger charge is -2.17. The van der Waals surface area contributed by atoms with Crippen molar-refractivity contribution in [3.63, 3.8) is 0 Å². The first-order chi connectivity index (χ1) is 21.4. The molecule has 0 radical (unpaired) electrons. The predicted molar refractivity (Wildman–Crippen MR) is 184 cm³/mol. The first-order valence-corrected chi connectivity index (χ1v) is 15.0. The minimum absolute atomic E-state index is 1.25. The number of hydrogen-bond donors (Lipinski definition) is 0. The molecule has 10 aromatic rings. The largest absolute Gasteiger partial charge is 0.308 e. The number of benzene rings is 8. The van der Waals surface area contributed by atoms with E-state index in [1.165, 1.54) is 92.7 Å². The lowest BCUT2D eigenvalue weighted by molar-refractivity contribution is 1.37. The average molecular weight is 544 g/mol. The van der Waals surface area contributed by atoms with E-state index >= 15 is 0 Å². The highest BCUT2D eigenvalue weighted by Crippen LogP contribution is 2.47. The second-order valence-corrected chi connectivity index (χ2v) is 11.7. The lowest BCUT2D eigenvalue weighted by Crippen LogP contribution is -1.90. The van der Waals surface area contributed by atoms with Crippen LogP contribution in [0.1, 0.15) is 0 Å². The number of aromatic nitrogens is 1. The summed E-state index contributed by atoms with van der Waals surface area (Å²) in [6, 6.07) is 55.9. The van der Waals surface area contributed by atoms with E-state index in [2.05, 4.69) is 156 Å². The lowest BCUT2D eigenvalue weighted by atomic mass is 9.86. The van der Waals surface area contributed by atoms with Crippen molar-refractivity contribution in [3.05, 3.63) is 152 Å². The van der Waals surface area contributed by atoms with Gasteiger partial charge in [0.1, 0.15) is 0 Å². The number of fused-ring (bicyclic) bond motifs is 10. The quantitative estimate of drug-likeness (QED) is 0.191. The molecule has 0 fully saturated rings. The van der Waals surface area contributed by atoms with E-state index in [1.807, 2.05) is 0 Å². The average Bonchev–Trinajstić information content (AvgIpc) is 3.59. The molecule has 0 saturated heterocycles. The smallest absolute Gasteiger partial charge is 0.0626 e. The van der Waals surface area contributed by atoms with Crippen molar-refractivity contribution >= 4 is 70.4 Å². The van der Waals surface area contributed by atoms with E-state index in [9.17, 15) is 0 Å². The Morgan fingerprint density at radius 3 is 1.56 bits per heavy atom. The van der Waals surface area contributed by atoms with Crippen LogP contribution >= 0.6 is 0 Å². The van der Waals surface area contributed by atoms with Crippen molar-refractivity contribution in [2.24, 2.45) is 0 Å². The van der Waals surface area contributed by atoms with Crippen LogP contribution in [0.4, 0.5) is 0 Å². The molecule has 2 aromatic heterocycles. The molecule has 8 aromatic carbocycles. The molecule has 0 amide bonds. The summed E-state index contributed by atoms with van der Waals surface area (Å²) in [5.41, 5.74) is 8.95. The van der Waals surface area contributed by atoms with Gasteiger partial charge < -0.3 is 4.40 Å². The highest BCUT2D eigenvalue weighted by atomic mass is 14.9. The Bertz CT molecular complexity index is 2650. The minimum atomic E-state index is 1.25. The van der Waals surface area contributed by atoms with E-state index in [0.717, 1.165) is 0 Å². The van der Waals surface area contributed by atoms with E-state index in [4.69, 9.17) is 0 Å². The fourth-order valence-electron chi connectivity index (χ4n) is 7.76. The Morgan fingerprint density at radius 2 is 0.860 bits per heavy atom. The number of hydrogen-bond acceptors (Lipinski definition) is 0. The van der Waals surface area contributed by atoms with E-state index < -0.39 is 0 Å². The van der Waals surface area contributed by atoms with Crippen LogP contribution in [0.15, 0.2) is 152 Å². The van der Waals surface area contributed by atoms with Gasteiger partial charge in [-0.2, -0.15) is 0 Å². The van der Waals surface area contributed by atoms with Crippen molar-refractivity contribution < 1.29 is 0 Å². The fourth-order valence-corrected chi connectivity index (χ4v) is 7.76.